The Hall–Kier alpha value is -2.89. The van der Waals surface area contributed by atoms with Gasteiger partial charge in [0.15, 0.2) is 5.69 Å². The van der Waals surface area contributed by atoms with Crippen LogP contribution in [0, 0.1) is 0 Å². The van der Waals surface area contributed by atoms with E-state index < -0.39 is 5.97 Å². The minimum absolute atomic E-state index is 0.0758. The predicted molar refractivity (Wildman–Crippen MR) is 93.8 cm³/mol. The summed E-state index contributed by atoms with van der Waals surface area (Å²) in [7, 11) is 1.73. The van der Waals surface area contributed by atoms with Gasteiger partial charge in [0, 0.05) is 31.7 Å². The number of nitrogens with zero attached hydrogens (tertiary/aromatic N) is 3. The Morgan fingerprint density at radius 3 is 2.76 bits per heavy atom. The summed E-state index contributed by atoms with van der Waals surface area (Å²) in [5.74, 6) is -0.471. The van der Waals surface area contributed by atoms with Crippen molar-refractivity contribution in [3.63, 3.8) is 0 Å². The molecule has 1 amide bonds. The molecule has 0 fully saturated rings. The average molecular weight is 339 g/mol. The lowest BCUT2D eigenvalue weighted by atomic mass is 10.0. The van der Waals surface area contributed by atoms with Crippen LogP contribution in [0.4, 0.5) is 0 Å². The summed E-state index contributed by atoms with van der Waals surface area (Å²) in [5, 5.41) is 4.40. The zero-order valence-corrected chi connectivity index (χ0v) is 14.4. The summed E-state index contributed by atoms with van der Waals surface area (Å²) >= 11 is 0. The third-order valence-electron chi connectivity index (χ3n) is 4.19. The Bertz CT molecular complexity index is 809. The molecule has 2 aromatic rings. The number of ether oxygens (including phenoxy) is 1. The molecule has 6 heteroatoms. The molecule has 0 N–H and O–H groups in total. The largest absolute Gasteiger partial charge is 0.461 e. The highest BCUT2D eigenvalue weighted by molar-refractivity contribution is 5.93. The van der Waals surface area contributed by atoms with E-state index in [0.717, 1.165) is 16.8 Å². The fourth-order valence-corrected chi connectivity index (χ4v) is 2.98. The van der Waals surface area contributed by atoms with Gasteiger partial charge in [-0.25, -0.2) is 4.79 Å². The fourth-order valence-electron chi connectivity index (χ4n) is 2.98. The maximum atomic E-state index is 12.5. The Balaban J connectivity index is 1.77. The van der Waals surface area contributed by atoms with Crippen molar-refractivity contribution in [2.24, 2.45) is 7.05 Å². The molecule has 1 aromatic heterocycles. The summed E-state index contributed by atoms with van der Waals surface area (Å²) < 4.78 is 6.67. The maximum absolute atomic E-state index is 12.5. The summed E-state index contributed by atoms with van der Waals surface area (Å²) in [6.45, 7) is 3.03. The molecule has 0 saturated heterocycles. The third-order valence-corrected chi connectivity index (χ3v) is 4.19. The number of hydrogen-bond acceptors (Lipinski definition) is 4. The van der Waals surface area contributed by atoms with E-state index in [-0.39, 0.29) is 5.91 Å². The molecule has 0 spiro atoms. The second-order valence-corrected chi connectivity index (χ2v) is 5.87. The SMILES string of the molecule is CCOC(=O)c1c2c(nn1C)CCN(C(=O)/C=C/c1ccccc1)C2. The first-order chi connectivity index (χ1) is 12.1. The van der Waals surface area contributed by atoms with Crippen molar-refractivity contribution in [3.8, 4) is 0 Å². The van der Waals surface area contributed by atoms with Gasteiger partial charge >= 0.3 is 5.97 Å². The Morgan fingerprint density at radius 2 is 2.04 bits per heavy atom. The molecule has 3 rings (SSSR count). The van der Waals surface area contributed by atoms with Crippen LogP contribution in [0.1, 0.15) is 34.2 Å². The van der Waals surface area contributed by atoms with Gasteiger partial charge in [-0.15, -0.1) is 0 Å². The molecular formula is C19H21N3O3. The zero-order valence-electron chi connectivity index (χ0n) is 14.4. The van der Waals surface area contributed by atoms with Gasteiger partial charge in [0.2, 0.25) is 5.91 Å². The van der Waals surface area contributed by atoms with Gasteiger partial charge in [0.25, 0.3) is 0 Å². The van der Waals surface area contributed by atoms with E-state index in [9.17, 15) is 9.59 Å². The van der Waals surface area contributed by atoms with Crippen LogP contribution in [0.15, 0.2) is 36.4 Å². The van der Waals surface area contributed by atoms with E-state index in [1.54, 1.807) is 35.7 Å². The summed E-state index contributed by atoms with van der Waals surface area (Å²) in [6, 6.07) is 9.68. The first-order valence-electron chi connectivity index (χ1n) is 8.34. The normalized spacial score (nSPS) is 13.8. The Morgan fingerprint density at radius 1 is 1.28 bits per heavy atom. The molecule has 0 radical (unpaired) electrons. The molecule has 2 heterocycles. The second-order valence-electron chi connectivity index (χ2n) is 5.87. The van der Waals surface area contributed by atoms with Gasteiger partial charge in [0.05, 0.1) is 18.8 Å². The summed E-state index contributed by atoms with van der Waals surface area (Å²) in [4.78, 5) is 26.4. The lowest BCUT2D eigenvalue weighted by Gasteiger charge is -2.25. The highest BCUT2D eigenvalue weighted by Crippen LogP contribution is 2.23. The van der Waals surface area contributed by atoms with Crippen molar-refractivity contribution in [2.75, 3.05) is 13.2 Å². The molecule has 1 aromatic carbocycles. The number of fused-ring (bicyclic) bond motifs is 1. The lowest BCUT2D eigenvalue weighted by molar-refractivity contribution is -0.126. The van der Waals surface area contributed by atoms with Crippen molar-refractivity contribution in [1.29, 1.82) is 0 Å². The van der Waals surface area contributed by atoms with Crippen molar-refractivity contribution in [3.05, 3.63) is 58.9 Å². The quantitative estimate of drug-likeness (QED) is 0.633. The molecule has 0 atom stereocenters. The monoisotopic (exact) mass is 339 g/mol. The number of carbonyl (C=O) groups excluding carboxylic acids is 2. The van der Waals surface area contributed by atoms with Gasteiger partial charge in [0.1, 0.15) is 0 Å². The zero-order chi connectivity index (χ0) is 17.8. The maximum Gasteiger partial charge on any atom is 0.356 e. The van der Waals surface area contributed by atoms with Crippen molar-refractivity contribution in [1.82, 2.24) is 14.7 Å². The number of amides is 1. The van der Waals surface area contributed by atoms with Crippen LogP contribution < -0.4 is 0 Å². The van der Waals surface area contributed by atoms with Crippen LogP contribution in [-0.2, 0) is 29.5 Å². The molecule has 0 aliphatic carbocycles. The van der Waals surface area contributed by atoms with Gasteiger partial charge < -0.3 is 9.64 Å². The first-order valence-corrected chi connectivity index (χ1v) is 8.34. The van der Waals surface area contributed by atoms with Crippen LogP contribution in [0.25, 0.3) is 6.08 Å². The topological polar surface area (TPSA) is 64.4 Å². The van der Waals surface area contributed by atoms with Crippen molar-refractivity contribution in [2.45, 2.75) is 19.9 Å². The Labute approximate surface area is 146 Å². The molecule has 130 valence electrons. The van der Waals surface area contributed by atoms with Crippen LogP contribution >= 0.6 is 0 Å². The van der Waals surface area contributed by atoms with Crippen LogP contribution in [0.2, 0.25) is 0 Å². The van der Waals surface area contributed by atoms with E-state index in [1.807, 2.05) is 30.3 Å². The van der Waals surface area contributed by atoms with E-state index in [4.69, 9.17) is 4.74 Å². The molecule has 25 heavy (non-hydrogen) atoms. The number of rotatable bonds is 4. The molecule has 1 aliphatic heterocycles. The number of aryl methyl sites for hydroxylation is 1. The van der Waals surface area contributed by atoms with Crippen molar-refractivity contribution >= 4 is 18.0 Å². The molecule has 0 saturated carbocycles. The van der Waals surface area contributed by atoms with Gasteiger partial charge in [-0.1, -0.05) is 30.3 Å². The van der Waals surface area contributed by atoms with Crippen LogP contribution in [0.5, 0.6) is 0 Å². The number of esters is 1. The van der Waals surface area contributed by atoms with Gasteiger partial charge in [-0.05, 0) is 18.6 Å². The van der Waals surface area contributed by atoms with E-state index in [2.05, 4.69) is 5.10 Å². The molecule has 0 bridgehead atoms. The molecule has 0 unspecified atom stereocenters. The number of hydrogen-bond donors (Lipinski definition) is 0. The average Bonchev–Trinajstić information content (AvgIpc) is 2.95. The molecular weight excluding hydrogens is 318 g/mol. The van der Waals surface area contributed by atoms with Crippen LogP contribution in [0.3, 0.4) is 0 Å². The summed E-state index contributed by atoms with van der Waals surface area (Å²) in [5.41, 5.74) is 3.05. The lowest BCUT2D eigenvalue weighted by Crippen LogP contribution is -2.35. The van der Waals surface area contributed by atoms with E-state index in [1.165, 1.54) is 0 Å². The number of carbonyl (C=O) groups is 2. The minimum Gasteiger partial charge on any atom is -0.461 e. The van der Waals surface area contributed by atoms with Gasteiger partial charge in [-0.3, -0.25) is 9.48 Å². The van der Waals surface area contributed by atoms with Crippen molar-refractivity contribution < 1.29 is 14.3 Å². The minimum atomic E-state index is -0.395. The van der Waals surface area contributed by atoms with E-state index >= 15 is 0 Å². The number of benzene rings is 1. The fraction of sp³-hybridized carbons (Fsp3) is 0.316. The highest BCUT2D eigenvalue weighted by atomic mass is 16.5. The highest BCUT2D eigenvalue weighted by Gasteiger charge is 2.29. The second kappa shape index (κ2) is 7.34. The Kier molecular flexibility index (Phi) is 4.97. The third kappa shape index (κ3) is 3.63. The molecule has 6 nitrogen and oxygen atoms in total. The summed E-state index contributed by atoms with van der Waals surface area (Å²) in [6.07, 6.45) is 4.00. The van der Waals surface area contributed by atoms with Crippen LogP contribution in [-0.4, -0.2) is 39.7 Å². The standard InChI is InChI=1S/C19H21N3O3/c1-3-25-19(24)18-15-13-22(12-11-16(15)20-21(18)2)17(23)10-9-14-7-5-4-6-8-14/h4-10H,3,11-13H2,1-2H3/b10-9+. The molecule has 1 aliphatic rings. The van der Waals surface area contributed by atoms with E-state index in [0.29, 0.717) is 31.8 Å². The first kappa shape index (κ1) is 17.0. The smallest absolute Gasteiger partial charge is 0.356 e. The predicted octanol–water partition coefficient (Wildman–Crippen LogP) is 2.19. The van der Waals surface area contributed by atoms with Gasteiger partial charge in [-0.2, -0.15) is 5.10 Å². The number of aromatic nitrogens is 2.